The van der Waals surface area contributed by atoms with E-state index in [-0.39, 0.29) is 18.6 Å². The van der Waals surface area contributed by atoms with E-state index in [2.05, 4.69) is 34.0 Å². The third-order valence-corrected chi connectivity index (χ3v) is 4.95. The van der Waals surface area contributed by atoms with Gasteiger partial charge < -0.3 is 20.1 Å². The molecule has 0 amide bonds. The van der Waals surface area contributed by atoms with Crippen LogP contribution in [0.3, 0.4) is 0 Å². The number of anilines is 2. The molecule has 1 aliphatic heterocycles. The standard InChI is InChI=1S/C20H26N4O3/c1-13(2)17(11-25)23-18-9-19(22-12-21-18)24-7-6-14-8-15(20(26)27-3)4-5-16(14)10-24/h4-5,8-9,12-13,17,25H,6-7,10-11H2,1-3H3,(H,21,22,23)/t17-/m1/s1. The zero-order chi connectivity index (χ0) is 19.4. The lowest BCUT2D eigenvalue weighted by atomic mass is 9.97. The third kappa shape index (κ3) is 4.36. The number of aromatic nitrogens is 2. The SMILES string of the molecule is COC(=O)c1ccc2c(c1)CCN(c1cc(N[C@H](CO)C(C)C)ncn1)C2. The molecule has 1 aliphatic rings. The second-order valence-electron chi connectivity index (χ2n) is 7.09. The molecule has 0 aliphatic carbocycles. The highest BCUT2D eigenvalue weighted by molar-refractivity contribution is 5.89. The molecule has 0 saturated heterocycles. The largest absolute Gasteiger partial charge is 0.465 e. The Bertz CT molecular complexity index is 810. The maximum atomic E-state index is 11.7. The van der Waals surface area contributed by atoms with Gasteiger partial charge >= 0.3 is 5.97 Å². The van der Waals surface area contributed by atoms with Gasteiger partial charge in [-0.2, -0.15) is 0 Å². The van der Waals surface area contributed by atoms with E-state index in [0.717, 1.165) is 25.3 Å². The van der Waals surface area contributed by atoms with Crippen LogP contribution in [0.1, 0.15) is 35.3 Å². The van der Waals surface area contributed by atoms with Gasteiger partial charge in [-0.1, -0.05) is 19.9 Å². The van der Waals surface area contributed by atoms with Gasteiger partial charge in [-0.3, -0.25) is 0 Å². The predicted octanol–water partition coefficient (Wildman–Crippen LogP) is 2.25. The van der Waals surface area contributed by atoms with Gasteiger partial charge in [-0.25, -0.2) is 14.8 Å². The molecule has 0 radical (unpaired) electrons. The molecular weight excluding hydrogens is 344 g/mol. The Morgan fingerprint density at radius 1 is 1.30 bits per heavy atom. The number of aliphatic hydroxyl groups is 1. The van der Waals surface area contributed by atoms with Gasteiger partial charge in [0.25, 0.3) is 0 Å². The molecular formula is C20H26N4O3. The van der Waals surface area contributed by atoms with E-state index in [0.29, 0.717) is 17.3 Å². The van der Waals surface area contributed by atoms with Gasteiger partial charge in [-0.15, -0.1) is 0 Å². The molecule has 144 valence electrons. The van der Waals surface area contributed by atoms with Crippen LogP contribution in [-0.2, 0) is 17.7 Å². The average molecular weight is 370 g/mol. The monoisotopic (exact) mass is 370 g/mol. The van der Waals surface area contributed by atoms with Gasteiger partial charge in [-0.05, 0) is 35.6 Å². The molecule has 3 rings (SSSR count). The Balaban J connectivity index is 1.75. The van der Waals surface area contributed by atoms with Crippen molar-refractivity contribution >= 4 is 17.6 Å². The molecule has 7 nitrogen and oxygen atoms in total. The molecule has 0 spiro atoms. The number of carbonyl (C=O) groups is 1. The average Bonchev–Trinajstić information content (AvgIpc) is 2.70. The van der Waals surface area contributed by atoms with E-state index < -0.39 is 0 Å². The second kappa shape index (κ2) is 8.35. The van der Waals surface area contributed by atoms with Crippen molar-refractivity contribution in [3.05, 3.63) is 47.3 Å². The Morgan fingerprint density at radius 3 is 2.81 bits per heavy atom. The molecule has 27 heavy (non-hydrogen) atoms. The summed E-state index contributed by atoms with van der Waals surface area (Å²) in [6, 6.07) is 7.56. The number of carbonyl (C=O) groups excluding carboxylic acids is 1. The van der Waals surface area contributed by atoms with Gasteiger partial charge in [0, 0.05) is 19.2 Å². The third-order valence-electron chi connectivity index (χ3n) is 4.95. The van der Waals surface area contributed by atoms with Gasteiger partial charge in [0.05, 0.1) is 25.3 Å². The van der Waals surface area contributed by atoms with Crippen molar-refractivity contribution in [3.63, 3.8) is 0 Å². The lowest BCUT2D eigenvalue weighted by Crippen LogP contribution is -2.32. The van der Waals surface area contributed by atoms with Crippen LogP contribution >= 0.6 is 0 Å². The summed E-state index contributed by atoms with van der Waals surface area (Å²) in [7, 11) is 1.39. The number of nitrogens with one attached hydrogen (secondary N) is 1. The quantitative estimate of drug-likeness (QED) is 0.754. The molecule has 0 unspecified atom stereocenters. The number of aliphatic hydroxyl groups excluding tert-OH is 1. The molecule has 7 heteroatoms. The minimum atomic E-state index is -0.310. The summed E-state index contributed by atoms with van der Waals surface area (Å²) in [6.45, 7) is 5.69. The first kappa shape index (κ1) is 19.1. The summed E-state index contributed by atoms with van der Waals surface area (Å²) in [5.74, 6) is 1.53. The van der Waals surface area contributed by atoms with Gasteiger partial charge in [0.15, 0.2) is 0 Å². The van der Waals surface area contributed by atoms with Crippen LogP contribution in [0.15, 0.2) is 30.6 Å². The van der Waals surface area contributed by atoms with Crippen molar-refractivity contribution in [1.29, 1.82) is 0 Å². The first-order chi connectivity index (χ1) is 13.0. The molecule has 2 N–H and O–H groups in total. The van der Waals surface area contributed by atoms with E-state index in [9.17, 15) is 9.90 Å². The van der Waals surface area contributed by atoms with Gasteiger partial charge in [0.2, 0.25) is 0 Å². The van der Waals surface area contributed by atoms with E-state index >= 15 is 0 Å². The summed E-state index contributed by atoms with van der Waals surface area (Å²) < 4.78 is 4.80. The zero-order valence-corrected chi connectivity index (χ0v) is 16.0. The number of methoxy groups -OCH3 is 1. The highest BCUT2D eigenvalue weighted by atomic mass is 16.5. The Kier molecular flexibility index (Phi) is 5.91. The normalized spacial score (nSPS) is 14.6. The van der Waals surface area contributed by atoms with Crippen molar-refractivity contribution in [2.24, 2.45) is 5.92 Å². The van der Waals surface area contributed by atoms with Crippen molar-refractivity contribution in [2.75, 3.05) is 30.5 Å². The highest BCUT2D eigenvalue weighted by Crippen LogP contribution is 2.25. The number of hydrogen-bond donors (Lipinski definition) is 2. The first-order valence-corrected chi connectivity index (χ1v) is 9.16. The predicted molar refractivity (Wildman–Crippen MR) is 104 cm³/mol. The van der Waals surface area contributed by atoms with Crippen molar-refractivity contribution in [1.82, 2.24) is 9.97 Å². The summed E-state index contributed by atoms with van der Waals surface area (Å²) >= 11 is 0. The van der Waals surface area contributed by atoms with Crippen molar-refractivity contribution in [2.45, 2.75) is 32.9 Å². The van der Waals surface area contributed by atoms with Crippen molar-refractivity contribution < 1.29 is 14.6 Å². The zero-order valence-electron chi connectivity index (χ0n) is 16.0. The lowest BCUT2D eigenvalue weighted by molar-refractivity contribution is 0.0600. The molecule has 0 fully saturated rings. The molecule has 0 bridgehead atoms. The highest BCUT2D eigenvalue weighted by Gasteiger charge is 2.20. The molecule has 2 aromatic rings. The van der Waals surface area contributed by atoms with E-state index in [4.69, 9.17) is 4.74 Å². The number of benzene rings is 1. The van der Waals surface area contributed by atoms with Crippen molar-refractivity contribution in [3.8, 4) is 0 Å². The number of ether oxygens (including phenoxy) is 1. The fraction of sp³-hybridized carbons (Fsp3) is 0.450. The molecule has 1 atom stereocenters. The van der Waals surface area contributed by atoms with Crippen LogP contribution in [-0.4, -0.2) is 47.3 Å². The van der Waals surface area contributed by atoms with Crippen LogP contribution in [0.4, 0.5) is 11.6 Å². The Labute approximate surface area is 159 Å². The second-order valence-corrected chi connectivity index (χ2v) is 7.09. The minimum Gasteiger partial charge on any atom is -0.465 e. The molecule has 2 heterocycles. The van der Waals surface area contributed by atoms with Crippen LogP contribution in [0, 0.1) is 5.92 Å². The maximum absolute atomic E-state index is 11.7. The first-order valence-electron chi connectivity index (χ1n) is 9.16. The van der Waals surface area contributed by atoms with E-state index in [1.807, 2.05) is 18.2 Å². The summed E-state index contributed by atoms with van der Waals surface area (Å²) in [6.07, 6.45) is 2.38. The molecule has 1 aromatic heterocycles. The smallest absolute Gasteiger partial charge is 0.337 e. The Morgan fingerprint density at radius 2 is 2.11 bits per heavy atom. The number of rotatable bonds is 6. The van der Waals surface area contributed by atoms with Crippen LogP contribution < -0.4 is 10.2 Å². The van der Waals surface area contributed by atoms with E-state index in [1.165, 1.54) is 18.2 Å². The van der Waals surface area contributed by atoms with Crippen LogP contribution in [0.25, 0.3) is 0 Å². The fourth-order valence-corrected chi connectivity index (χ4v) is 3.21. The summed E-state index contributed by atoms with van der Waals surface area (Å²) in [5, 5.41) is 12.8. The number of fused-ring (bicyclic) bond motifs is 1. The molecule has 1 aromatic carbocycles. The number of esters is 1. The number of nitrogens with zero attached hydrogens (tertiary/aromatic N) is 3. The van der Waals surface area contributed by atoms with Crippen LogP contribution in [0.2, 0.25) is 0 Å². The fourth-order valence-electron chi connectivity index (χ4n) is 3.21. The minimum absolute atomic E-state index is 0.0495. The van der Waals surface area contributed by atoms with E-state index in [1.54, 1.807) is 12.4 Å². The lowest BCUT2D eigenvalue weighted by Gasteiger charge is -2.30. The van der Waals surface area contributed by atoms with Crippen LogP contribution in [0.5, 0.6) is 0 Å². The molecule has 0 saturated carbocycles. The summed E-state index contributed by atoms with van der Waals surface area (Å²) in [4.78, 5) is 22.6. The Hall–Kier alpha value is -2.67. The topological polar surface area (TPSA) is 87.6 Å². The summed E-state index contributed by atoms with van der Waals surface area (Å²) in [5.41, 5.74) is 2.93. The number of hydrogen-bond acceptors (Lipinski definition) is 7. The maximum Gasteiger partial charge on any atom is 0.337 e. The van der Waals surface area contributed by atoms with Gasteiger partial charge in [0.1, 0.15) is 18.0 Å².